The van der Waals surface area contributed by atoms with E-state index in [1.54, 1.807) is 0 Å². The molecule has 0 aliphatic carbocycles. The van der Waals surface area contributed by atoms with Gasteiger partial charge in [-0.05, 0) is 44.5 Å². The molecule has 3 heteroatoms. The highest BCUT2D eigenvalue weighted by molar-refractivity contribution is 5.14. The summed E-state index contributed by atoms with van der Waals surface area (Å²) in [4.78, 5) is 8.90. The maximum atomic E-state index is 4.52. The molecule has 94 valence electrons. The van der Waals surface area contributed by atoms with Crippen molar-refractivity contribution >= 4 is 0 Å². The zero-order chi connectivity index (χ0) is 13.0. The van der Waals surface area contributed by atoms with Gasteiger partial charge in [0.25, 0.3) is 0 Å². The fourth-order valence-electron chi connectivity index (χ4n) is 1.77. The molecule has 1 N–H and O–H groups in total. The third kappa shape index (κ3) is 3.37. The van der Waals surface area contributed by atoms with Gasteiger partial charge in [0.15, 0.2) is 0 Å². The van der Waals surface area contributed by atoms with Gasteiger partial charge >= 0.3 is 0 Å². The van der Waals surface area contributed by atoms with Crippen molar-refractivity contribution in [3.8, 4) is 0 Å². The van der Waals surface area contributed by atoms with E-state index in [0.717, 1.165) is 23.6 Å². The minimum atomic E-state index is 0.230. The second-order valence-corrected chi connectivity index (χ2v) is 4.63. The highest BCUT2D eigenvalue weighted by atomic mass is 14.9. The Morgan fingerprint density at radius 3 is 2.67 bits per heavy atom. The van der Waals surface area contributed by atoms with Crippen LogP contribution in [0.3, 0.4) is 0 Å². The first-order chi connectivity index (χ1) is 8.65. The standard InChI is InChI=1S/C15H19N3/c1-11-7-8-14(17-9-11)10-16-13(3)15-6-4-5-12(2)18-15/h4-9,13,16H,10H2,1-3H3. The van der Waals surface area contributed by atoms with Crippen molar-refractivity contribution in [3.05, 3.63) is 59.2 Å². The smallest absolute Gasteiger partial charge is 0.0573 e. The van der Waals surface area contributed by atoms with Gasteiger partial charge in [-0.1, -0.05) is 12.1 Å². The summed E-state index contributed by atoms with van der Waals surface area (Å²) in [6, 6.07) is 10.5. The summed E-state index contributed by atoms with van der Waals surface area (Å²) in [7, 11) is 0. The van der Waals surface area contributed by atoms with Crippen LogP contribution in [-0.4, -0.2) is 9.97 Å². The van der Waals surface area contributed by atoms with Crippen molar-refractivity contribution in [1.29, 1.82) is 0 Å². The first kappa shape index (κ1) is 12.7. The lowest BCUT2D eigenvalue weighted by molar-refractivity contribution is 0.554. The van der Waals surface area contributed by atoms with Crippen LogP contribution in [0.2, 0.25) is 0 Å². The van der Waals surface area contributed by atoms with Crippen LogP contribution in [0.1, 0.15) is 35.6 Å². The highest BCUT2D eigenvalue weighted by Crippen LogP contribution is 2.10. The van der Waals surface area contributed by atoms with E-state index in [1.807, 2.05) is 38.2 Å². The molecule has 2 rings (SSSR count). The van der Waals surface area contributed by atoms with Gasteiger partial charge in [-0.25, -0.2) is 0 Å². The van der Waals surface area contributed by atoms with E-state index in [4.69, 9.17) is 0 Å². The number of aryl methyl sites for hydroxylation is 2. The van der Waals surface area contributed by atoms with Crippen molar-refractivity contribution in [1.82, 2.24) is 15.3 Å². The van der Waals surface area contributed by atoms with Crippen LogP contribution in [0.4, 0.5) is 0 Å². The summed E-state index contributed by atoms with van der Waals surface area (Å²) in [5, 5.41) is 3.44. The fourth-order valence-corrected chi connectivity index (χ4v) is 1.77. The molecule has 0 spiro atoms. The Balaban J connectivity index is 1.96. The van der Waals surface area contributed by atoms with Crippen molar-refractivity contribution in [2.45, 2.75) is 33.4 Å². The molecule has 1 atom stereocenters. The Morgan fingerprint density at radius 1 is 1.17 bits per heavy atom. The average Bonchev–Trinajstić information content (AvgIpc) is 2.38. The molecule has 0 aromatic carbocycles. The Kier molecular flexibility index (Phi) is 4.05. The van der Waals surface area contributed by atoms with E-state index < -0.39 is 0 Å². The van der Waals surface area contributed by atoms with E-state index in [-0.39, 0.29) is 6.04 Å². The minimum absolute atomic E-state index is 0.230. The molecule has 0 saturated heterocycles. The molecule has 0 bridgehead atoms. The van der Waals surface area contributed by atoms with Crippen molar-refractivity contribution in [2.24, 2.45) is 0 Å². The van der Waals surface area contributed by atoms with Crippen molar-refractivity contribution in [3.63, 3.8) is 0 Å². The van der Waals surface area contributed by atoms with Crippen LogP contribution in [0.15, 0.2) is 36.5 Å². The molecular formula is C15H19N3. The lowest BCUT2D eigenvalue weighted by Gasteiger charge is -2.13. The zero-order valence-electron chi connectivity index (χ0n) is 11.1. The molecule has 3 nitrogen and oxygen atoms in total. The van der Waals surface area contributed by atoms with Crippen molar-refractivity contribution in [2.75, 3.05) is 0 Å². The lowest BCUT2D eigenvalue weighted by atomic mass is 10.2. The fraction of sp³-hybridized carbons (Fsp3) is 0.333. The summed E-state index contributed by atoms with van der Waals surface area (Å²) >= 11 is 0. The first-order valence-electron chi connectivity index (χ1n) is 6.23. The quantitative estimate of drug-likeness (QED) is 0.894. The Labute approximate surface area is 108 Å². The molecule has 0 fully saturated rings. The summed E-state index contributed by atoms with van der Waals surface area (Å²) in [6.07, 6.45) is 1.90. The van der Waals surface area contributed by atoms with E-state index in [2.05, 4.69) is 34.3 Å². The molecule has 0 aliphatic rings. The van der Waals surface area contributed by atoms with Gasteiger partial charge in [-0.3, -0.25) is 9.97 Å². The summed E-state index contributed by atoms with van der Waals surface area (Å²) < 4.78 is 0. The number of nitrogens with one attached hydrogen (secondary N) is 1. The number of aromatic nitrogens is 2. The zero-order valence-corrected chi connectivity index (χ0v) is 11.1. The SMILES string of the molecule is Cc1ccc(CNC(C)c2cccc(C)n2)nc1. The van der Waals surface area contributed by atoms with E-state index in [1.165, 1.54) is 5.56 Å². The van der Waals surface area contributed by atoms with Gasteiger partial charge in [0, 0.05) is 24.5 Å². The molecule has 1 unspecified atom stereocenters. The maximum absolute atomic E-state index is 4.52. The van der Waals surface area contributed by atoms with Gasteiger partial charge < -0.3 is 5.32 Å². The van der Waals surface area contributed by atoms with Gasteiger partial charge in [0.1, 0.15) is 0 Å². The molecule has 2 heterocycles. The van der Waals surface area contributed by atoms with Gasteiger partial charge in [-0.15, -0.1) is 0 Å². The molecule has 2 aromatic heterocycles. The Bertz CT molecular complexity index is 505. The number of hydrogen-bond acceptors (Lipinski definition) is 3. The van der Waals surface area contributed by atoms with Crippen LogP contribution in [0.5, 0.6) is 0 Å². The number of pyridine rings is 2. The molecule has 0 saturated carbocycles. The van der Waals surface area contributed by atoms with Gasteiger partial charge in [-0.2, -0.15) is 0 Å². The molecule has 18 heavy (non-hydrogen) atoms. The number of nitrogens with zero attached hydrogens (tertiary/aromatic N) is 2. The minimum Gasteiger partial charge on any atom is -0.303 e. The van der Waals surface area contributed by atoms with Crippen LogP contribution < -0.4 is 5.32 Å². The summed E-state index contributed by atoms with van der Waals surface area (Å²) in [6.45, 7) is 6.94. The average molecular weight is 241 g/mol. The summed E-state index contributed by atoms with van der Waals surface area (Å²) in [5.41, 5.74) is 4.36. The monoisotopic (exact) mass is 241 g/mol. The normalized spacial score (nSPS) is 12.4. The third-order valence-corrected chi connectivity index (χ3v) is 2.92. The maximum Gasteiger partial charge on any atom is 0.0573 e. The second-order valence-electron chi connectivity index (χ2n) is 4.63. The Hall–Kier alpha value is -1.74. The van der Waals surface area contributed by atoms with E-state index >= 15 is 0 Å². The van der Waals surface area contributed by atoms with E-state index in [0.29, 0.717) is 0 Å². The predicted octanol–water partition coefficient (Wildman–Crippen LogP) is 2.94. The van der Waals surface area contributed by atoms with Crippen molar-refractivity contribution < 1.29 is 0 Å². The number of hydrogen-bond donors (Lipinski definition) is 1. The van der Waals surface area contributed by atoms with Gasteiger partial charge in [0.2, 0.25) is 0 Å². The first-order valence-corrected chi connectivity index (χ1v) is 6.23. The largest absolute Gasteiger partial charge is 0.303 e. The molecule has 0 amide bonds. The van der Waals surface area contributed by atoms with Crippen LogP contribution in [0, 0.1) is 13.8 Å². The highest BCUT2D eigenvalue weighted by Gasteiger charge is 2.06. The molecular weight excluding hydrogens is 222 g/mol. The van der Waals surface area contributed by atoms with Crippen LogP contribution >= 0.6 is 0 Å². The molecule has 0 aliphatic heterocycles. The summed E-state index contributed by atoms with van der Waals surface area (Å²) in [5.74, 6) is 0. The Morgan fingerprint density at radius 2 is 2.00 bits per heavy atom. The topological polar surface area (TPSA) is 37.8 Å². The van der Waals surface area contributed by atoms with Crippen LogP contribution in [0.25, 0.3) is 0 Å². The molecule has 0 radical (unpaired) electrons. The second kappa shape index (κ2) is 5.74. The number of rotatable bonds is 4. The lowest BCUT2D eigenvalue weighted by Crippen LogP contribution is -2.19. The van der Waals surface area contributed by atoms with Gasteiger partial charge in [0.05, 0.1) is 11.4 Å². The predicted molar refractivity (Wildman–Crippen MR) is 73.2 cm³/mol. The third-order valence-electron chi connectivity index (χ3n) is 2.92. The molecule has 2 aromatic rings. The van der Waals surface area contributed by atoms with Crippen LogP contribution in [-0.2, 0) is 6.54 Å². The van der Waals surface area contributed by atoms with E-state index in [9.17, 15) is 0 Å².